The fourth-order valence-electron chi connectivity index (χ4n) is 7.85. The van der Waals surface area contributed by atoms with Crippen LogP contribution in [0.2, 0.25) is 0 Å². The molecule has 0 saturated heterocycles. The van der Waals surface area contributed by atoms with Crippen molar-refractivity contribution in [3.8, 4) is 33.4 Å². The zero-order valence-corrected chi connectivity index (χ0v) is 29.2. The first-order valence-corrected chi connectivity index (χ1v) is 18.6. The minimum atomic E-state index is 1.11. The molecule has 9 aromatic carbocycles. The molecular formula is C50H33NS. The number of hydrogen-bond acceptors (Lipinski definition) is 2. The predicted octanol–water partition coefficient (Wildman–Crippen LogP) is 14.8. The van der Waals surface area contributed by atoms with Crippen LogP contribution in [-0.2, 0) is 0 Å². The summed E-state index contributed by atoms with van der Waals surface area (Å²) in [4.78, 5) is 2.40. The van der Waals surface area contributed by atoms with E-state index in [1.54, 1.807) is 0 Å². The van der Waals surface area contributed by atoms with Crippen molar-refractivity contribution in [1.29, 1.82) is 0 Å². The molecule has 0 radical (unpaired) electrons. The predicted molar refractivity (Wildman–Crippen MR) is 225 cm³/mol. The molecule has 0 fully saturated rings. The number of nitrogens with zero attached hydrogens (tertiary/aromatic N) is 1. The van der Waals surface area contributed by atoms with Crippen molar-refractivity contribution in [2.75, 3.05) is 4.90 Å². The standard InChI is InChI=1S/C50H33NS/c1-2-13-35(14-3-1)43-19-8-10-23-46(43)51(39-29-25-36(26-30-39)42-22-12-17-34-15-4-6-18-41(34)42)40-31-27-37(28-32-40)49-44-20-7-5-16-38(44)33-48-50(49)45-21-9-11-24-47(45)52-48/h1-33H. The van der Waals surface area contributed by atoms with Crippen LogP contribution in [-0.4, -0.2) is 0 Å². The molecule has 0 aliphatic rings. The van der Waals surface area contributed by atoms with Crippen molar-refractivity contribution >= 4 is 70.1 Å². The fraction of sp³-hybridized carbons (Fsp3) is 0. The van der Waals surface area contributed by atoms with E-state index in [1.807, 2.05) is 11.3 Å². The zero-order valence-electron chi connectivity index (χ0n) is 28.4. The molecule has 0 atom stereocenters. The zero-order chi connectivity index (χ0) is 34.4. The van der Waals surface area contributed by atoms with Gasteiger partial charge in [0.05, 0.1) is 5.69 Å². The van der Waals surface area contributed by atoms with Crippen LogP contribution in [0.3, 0.4) is 0 Å². The second-order valence-electron chi connectivity index (χ2n) is 13.3. The van der Waals surface area contributed by atoms with Gasteiger partial charge in [0.15, 0.2) is 0 Å². The summed E-state index contributed by atoms with van der Waals surface area (Å²) in [5.74, 6) is 0. The Labute approximate surface area is 307 Å². The Kier molecular flexibility index (Phi) is 7.41. The van der Waals surface area contributed by atoms with Crippen LogP contribution in [0.5, 0.6) is 0 Å². The average Bonchev–Trinajstić information content (AvgIpc) is 3.59. The third-order valence-corrected chi connectivity index (χ3v) is 11.4. The maximum Gasteiger partial charge on any atom is 0.0540 e. The fourth-order valence-corrected chi connectivity index (χ4v) is 9.02. The maximum atomic E-state index is 2.40. The number of hydrogen-bond donors (Lipinski definition) is 0. The van der Waals surface area contributed by atoms with Gasteiger partial charge in [0, 0.05) is 37.1 Å². The smallest absolute Gasteiger partial charge is 0.0540 e. The van der Waals surface area contributed by atoms with Gasteiger partial charge in [-0.1, -0.05) is 158 Å². The molecule has 0 saturated carbocycles. The van der Waals surface area contributed by atoms with Crippen LogP contribution in [0.15, 0.2) is 200 Å². The van der Waals surface area contributed by atoms with E-state index in [-0.39, 0.29) is 0 Å². The molecule has 244 valence electrons. The summed E-state index contributed by atoms with van der Waals surface area (Å²) >= 11 is 1.88. The Bertz CT molecular complexity index is 2880. The number of rotatable bonds is 6. The van der Waals surface area contributed by atoms with Crippen molar-refractivity contribution in [1.82, 2.24) is 0 Å². The molecule has 2 heteroatoms. The van der Waals surface area contributed by atoms with E-state index >= 15 is 0 Å². The van der Waals surface area contributed by atoms with Gasteiger partial charge in [0.25, 0.3) is 0 Å². The minimum Gasteiger partial charge on any atom is -0.310 e. The highest BCUT2D eigenvalue weighted by Crippen LogP contribution is 2.46. The highest BCUT2D eigenvalue weighted by Gasteiger charge is 2.19. The molecule has 1 aromatic heterocycles. The number of anilines is 3. The molecule has 0 amide bonds. The molecule has 0 spiro atoms. The highest BCUT2D eigenvalue weighted by molar-refractivity contribution is 7.26. The monoisotopic (exact) mass is 679 g/mol. The topological polar surface area (TPSA) is 3.24 Å². The Balaban J connectivity index is 1.14. The van der Waals surface area contributed by atoms with E-state index in [0.717, 1.165) is 17.1 Å². The van der Waals surface area contributed by atoms with Crippen LogP contribution in [0.1, 0.15) is 0 Å². The summed E-state index contributed by atoms with van der Waals surface area (Å²) in [6, 6.07) is 72.8. The van der Waals surface area contributed by atoms with Gasteiger partial charge in [-0.2, -0.15) is 0 Å². The number of thiophene rings is 1. The molecule has 0 bridgehead atoms. The number of fused-ring (bicyclic) bond motifs is 5. The molecule has 52 heavy (non-hydrogen) atoms. The maximum absolute atomic E-state index is 2.40. The molecule has 0 N–H and O–H groups in total. The van der Waals surface area contributed by atoms with Gasteiger partial charge in [0.1, 0.15) is 0 Å². The first-order valence-electron chi connectivity index (χ1n) is 17.8. The third kappa shape index (κ3) is 5.16. The van der Waals surface area contributed by atoms with Crippen molar-refractivity contribution < 1.29 is 0 Å². The summed E-state index contributed by atoms with van der Waals surface area (Å²) in [6.45, 7) is 0. The average molecular weight is 680 g/mol. The van der Waals surface area contributed by atoms with Crippen molar-refractivity contribution in [3.63, 3.8) is 0 Å². The van der Waals surface area contributed by atoms with E-state index in [1.165, 1.54) is 75.1 Å². The van der Waals surface area contributed by atoms with E-state index in [9.17, 15) is 0 Å². The van der Waals surface area contributed by atoms with Gasteiger partial charge in [-0.05, 0) is 91.8 Å². The highest BCUT2D eigenvalue weighted by atomic mass is 32.1. The van der Waals surface area contributed by atoms with Crippen LogP contribution >= 0.6 is 11.3 Å². The van der Waals surface area contributed by atoms with Gasteiger partial charge in [-0.25, -0.2) is 0 Å². The molecule has 0 unspecified atom stereocenters. The first-order chi connectivity index (χ1) is 25.8. The largest absolute Gasteiger partial charge is 0.310 e. The lowest BCUT2D eigenvalue weighted by molar-refractivity contribution is 1.28. The Morgan fingerprint density at radius 3 is 1.69 bits per heavy atom. The van der Waals surface area contributed by atoms with E-state index in [4.69, 9.17) is 0 Å². The van der Waals surface area contributed by atoms with Crippen LogP contribution in [0.25, 0.3) is 75.1 Å². The summed E-state index contributed by atoms with van der Waals surface area (Å²) in [5, 5.41) is 7.72. The van der Waals surface area contributed by atoms with Gasteiger partial charge >= 0.3 is 0 Å². The minimum absolute atomic E-state index is 1.11. The molecule has 10 rings (SSSR count). The first kappa shape index (κ1) is 30.4. The van der Waals surface area contributed by atoms with Crippen LogP contribution in [0, 0.1) is 0 Å². The third-order valence-electron chi connectivity index (χ3n) is 10.3. The van der Waals surface area contributed by atoms with Crippen molar-refractivity contribution in [3.05, 3.63) is 200 Å². The van der Waals surface area contributed by atoms with E-state index in [0.29, 0.717) is 0 Å². The van der Waals surface area contributed by atoms with Gasteiger partial charge < -0.3 is 4.90 Å². The SMILES string of the molecule is c1ccc(-c2ccccc2N(c2ccc(-c3cccc4ccccc34)cc2)c2ccc(-c3c4ccccc4cc4sc5ccccc5c34)cc2)cc1. The number of para-hydroxylation sites is 1. The molecule has 0 aliphatic heterocycles. The van der Waals surface area contributed by atoms with E-state index < -0.39 is 0 Å². The molecule has 10 aromatic rings. The molecular weight excluding hydrogens is 647 g/mol. The van der Waals surface area contributed by atoms with Gasteiger partial charge in [0.2, 0.25) is 0 Å². The summed E-state index contributed by atoms with van der Waals surface area (Å²) in [5.41, 5.74) is 10.7. The quantitative estimate of drug-likeness (QED) is 0.169. The van der Waals surface area contributed by atoms with Crippen LogP contribution in [0.4, 0.5) is 17.1 Å². The molecule has 1 heterocycles. The Morgan fingerprint density at radius 2 is 0.904 bits per heavy atom. The van der Waals surface area contributed by atoms with E-state index in [2.05, 4.69) is 205 Å². The summed E-state index contributed by atoms with van der Waals surface area (Å²) in [7, 11) is 0. The lowest BCUT2D eigenvalue weighted by Crippen LogP contribution is -2.11. The van der Waals surface area contributed by atoms with Gasteiger partial charge in [-0.15, -0.1) is 11.3 Å². The lowest BCUT2D eigenvalue weighted by Gasteiger charge is -2.28. The van der Waals surface area contributed by atoms with Crippen molar-refractivity contribution in [2.24, 2.45) is 0 Å². The second kappa shape index (κ2) is 12.7. The van der Waals surface area contributed by atoms with Gasteiger partial charge in [-0.3, -0.25) is 0 Å². The molecule has 1 nitrogen and oxygen atoms in total. The second-order valence-corrected chi connectivity index (χ2v) is 14.4. The normalized spacial score (nSPS) is 11.5. The lowest BCUT2D eigenvalue weighted by atomic mass is 9.93. The Hall–Kier alpha value is -6.48. The number of benzene rings is 9. The van der Waals surface area contributed by atoms with Crippen molar-refractivity contribution in [2.45, 2.75) is 0 Å². The summed E-state index contributed by atoms with van der Waals surface area (Å²) < 4.78 is 2.64. The van der Waals surface area contributed by atoms with Crippen LogP contribution < -0.4 is 4.90 Å². The Morgan fingerprint density at radius 1 is 0.346 bits per heavy atom. The molecule has 0 aliphatic carbocycles. The summed E-state index contributed by atoms with van der Waals surface area (Å²) in [6.07, 6.45) is 0.